The van der Waals surface area contributed by atoms with E-state index in [0.29, 0.717) is 5.92 Å². The number of aromatic nitrogens is 5. The van der Waals surface area contributed by atoms with Crippen LogP contribution in [0, 0.1) is 0 Å². The Morgan fingerprint density at radius 2 is 1.97 bits per heavy atom. The van der Waals surface area contributed by atoms with Gasteiger partial charge in [-0.05, 0) is 18.2 Å². The Bertz CT molecular complexity index is 1350. The smallest absolute Gasteiger partial charge is 0.165 e. The number of para-hydroxylation sites is 1. The summed E-state index contributed by atoms with van der Waals surface area (Å²) in [6.45, 7) is 0. The van der Waals surface area contributed by atoms with Crippen LogP contribution < -0.4 is 0 Å². The Morgan fingerprint density at radius 3 is 2.86 bits per heavy atom. The van der Waals surface area contributed by atoms with Gasteiger partial charge in [-0.1, -0.05) is 29.4 Å². The summed E-state index contributed by atoms with van der Waals surface area (Å²) < 4.78 is 13.7. The van der Waals surface area contributed by atoms with Crippen LogP contribution in [0.2, 0.25) is 0 Å². The first-order valence-electron chi connectivity index (χ1n) is 9.83. The molecule has 1 N–H and O–H groups in total. The number of pyridine rings is 1. The third kappa shape index (κ3) is 2.73. The number of fused-ring (bicyclic) bond motifs is 4. The summed E-state index contributed by atoms with van der Waals surface area (Å²) in [7, 11) is 0. The van der Waals surface area contributed by atoms with Gasteiger partial charge in [-0.3, -0.25) is 4.98 Å². The molecule has 0 amide bonds. The summed E-state index contributed by atoms with van der Waals surface area (Å²) in [5.74, 6) is 1.84. The van der Waals surface area contributed by atoms with Crippen molar-refractivity contribution in [2.45, 2.75) is 18.8 Å². The normalized spacial score (nSPS) is 20.0. The highest BCUT2D eigenvalue weighted by molar-refractivity contribution is 7.91. The number of aromatic amines is 1. The summed E-state index contributed by atoms with van der Waals surface area (Å²) in [4.78, 5) is 13.0. The van der Waals surface area contributed by atoms with Crippen LogP contribution in [0.4, 0.5) is 0 Å². The van der Waals surface area contributed by atoms with E-state index in [-0.39, 0.29) is 0 Å². The molecule has 29 heavy (non-hydrogen) atoms. The highest BCUT2D eigenvalue weighted by Gasteiger charge is 2.27. The molecule has 0 bridgehead atoms. The SMILES string of the molecule is [O-][S+]1CCC(c2nc3c(-c4cnc5ccccc5c4)cnn3c3[nH]ccc23)CC1. The number of nitrogens with one attached hydrogen (secondary N) is 1. The van der Waals surface area contributed by atoms with Crippen LogP contribution in [0.5, 0.6) is 0 Å². The maximum absolute atomic E-state index is 11.8. The van der Waals surface area contributed by atoms with Crippen molar-refractivity contribution in [2.24, 2.45) is 0 Å². The molecular formula is C22H19N5OS. The first-order chi connectivity index (χ1) is 14.3. The van der Waals surface area contributed by atoms with Gasteiger partial charge in [-0.25, -0.2) is 4.98 Å². The molecule has 6 nitrogen and oxygen atoms in total. The van der Waals surface area contributed by atoms with Gasteiger partial charge in [-0.15, -0.1) is 0 Å². The zero-order valence-electron chi connectivity index (χ0n) is 15.7. The summed E-state index contributed by atoms with van der Waals surface area (Å²) in [5, 5.41) is 6.82. The molecule has 0 radical (unpaired) electrons. The van der Waals surface area contributed by atoms with E-state index < -0.39 is 11.2 Å². The topological polar surface area (TPSA) is 81.9 Å². The zero-order valence-corrected chi connectivity index (χ0v) is 16.5. The molecule has 5 heterocycles. The van der Waals surface area contributed by atoms with E-state index in [1.807, 2.05) is 41.3 Å². The van der Waals surface area contributed by atoms with E-state index in [2.05, 4.69) is 33.3 Å². The minimum absolute atomic E-state index is 0.327. The highest BCUT2D eigenvalue weighted by Crippen LogP contribution is 2.35. The zero-order chi connectivity index (χ0) is 19.4. The van der Waals surface area contributed by atoms with Crippen molar-refractivity contribution in [3.8, 4) is 11.1 Å². The predicted molar refractivity (Wildman–Crippen MR) is 115 cm³/mol. The Hall–Kier alpha value is -2.90. The largest absolute Gasteiger partial charge is 0.616 e. The standard InChI is InChI=1S/C22H19N5OS/c28-29-9-6-14(7-10-29)20-17-5-8-23-21(17)27-22(26-20)18(13-25-27)16-11-15-3-1-2-4-19(15)24-12-16/h1-5,8,11-14,23H,6-7,9-10H2. The van der Waals surface area contributed by atoms with Crippen LogP contribution in [0.3, 0.4) is 0 Å². The third-order valence-electron chi connectivity index (χ3n) is 5.86. The molecule has 0 saturated carbocycles. The molecule has 1 saturated heterocycles. The lowest BCUT2D eigenvalue weighted by Gasteiger charge is -2.24. The molecule has 0 atom stereocenters. The average Bonchev–Trinajstić information content (AvgIpc) is 3.40. The van der Waals surface area contributed by atoms with Gasteiger partial charge in [0.15, 0.2) is 5.65 Å². The quantitative estimate of drug-likeness (QED) is 0.452. The first-order valence-corrected chi connectivity index (χ1v) is 11.3. The minimum Gasteiger partial charge on any atom is -0.616 e. The Kier molecular flexibility index (Phi) is 3.85. The number of benzene rings is 1. The van der Waals surface area contributed by atoms with Gasteiger partial charge in [0.05, 0.1) is 17.4 Å². The minimum atomic E-state index is -0.687. The van der Waals surface area contributed by atoms with Crippen molar-refractivity contribution in [3.63, 3.8) is 0 Å². The second kappa shape index (κ2) is 6.57. The molecule has 7 heteroatoms. The van der Waals surface area contributed by atoms with Gasteiger partial charge < -0.3 is 9.54 Å². The number of nitrogens with zero attached hydrogens (tertiary/aromatic N) is 4. The van der Waals surface area contributed by atoms with E-state index in [4.69, 9.17) is 4.98 Å². The fourth-order valence-corrected chi connectivity index (χ4v) is 5.63. The Morgan fingerprint density at radius 1 is 1.10 bits per heavy atom. The summed E-state index contributed by atoms with van der Waals surface area (Å²) in [6, 6.07) is 12.3. The van der Waals surface area contributed by atoms with Gasteiger partial charge in [0.2, 0.25) is 0 Å². The van der Waals surface area contributed by atoms with Gasteiger partial charge in [0.25, 0.3) is 0 Å². The summed E-state index contributed by atoms with van der Waals surface area (Å²) >= 11 is -0.687. The number of rotatable bonds is 2. The van der Waals surface area contributed by atoms with Gasteiger partial charge in [0.1, 0.15) is 17.2 Å². The van der Waals surface area contributed by atoms with Crippen molar-refractivity contribution in [2.75, 3.05) is 11.5 Å². The highest BCUT2D eigenvalue weighted by atomic mass is 32.2. The van der Waals surface area contributed by atoms with Crippen LogP contribution in [0.1, 0.15) is 24.5 Å². The maximum atomic E-state index is 11.8. The Balaban J connectivity index is 1.55. The van der Waals surface area contributed by atoms with Crippen molar-refractivity contribution < 1.29 is 4.55 Å². The van der Waals surface area contributed by atoms with Gasteiger partial charge in [-0.2, -0.15) is 9.61 Å². The Labute approximate surface area is 170 Å². The van der Waals surface area contributed by atoms with Gasteiger partial charge in [0, 0.05) is 53.1 Å². The molecule has 6 rings (SSSR count). The van der Waals surface area contributed by atoms with E-state index >= 15 is 0 Å². The fraction of sp³-hybridized carbons (Fsp3) is 0.227. The number of hydrogen-bond acceptors (Lipinski definition) is 4. The van der Waals surface area contributed by atoms with Crippen LogP contribution in [0.25, 0.3) is 38.7 Å². The number of hydrogen-bond donors (Lipinski definition) is 1. The lowest BCUT2D eigenvalue weighted by atomic mass is 9.96. The molecular weight excluding hydrogens is 382 g/mol. The molecule has 1 aliphatic rings. The number of H-pyrrole nitrogens is 1. The van der Waals surface area contributed by atoms with E-state index in [1.165, 1.54) is 0 Å². The molecule has 0 spiro atoms. The van der Waals surface area contributed by atoms with Crippen molar-refractivity contribution in [1.29, 1.82) is 0 Å². The lowest BCUT2D eigenvalue weighted by Crippen LogP contribution is -2.23. The molecule has 0 unspecified atom stereocenters. The van der Waals surface area contributed by atoms with Crippen LogP contribution >= 0.6 is 0 Å². The fourth-order valence-electron chi connectivity index (χ4n) is 4.33. The van der Waals surface area contributed by atoms with Crippen molar-refractivity contribution >= 4 is 38.8 Å². The molecule has 1 aromatic carbocycles. The van der Waals surface area contributed by atoms with Gasteiger partial charge >= 0.3 is 0 Å². The predicted octanol–water partition coefficient (Wildman–Crippen LogP) is 4.05. The van der Waals surface area contributed by atoms with E-state index in [9.17, 15) is 4.55 Å². The van der Waals surface area contributed by atoms with E-state index in [1.54, 1.807) is 0 Å². The summed E-state index contributed by atoms with van der Waals surface area (Å²) in [5.41, 5.74) is 5.83. The van der Waals surface area contributed by atoms with Crippen LogP contribution in [-0.2, 0) is 11.2 Å². The molecule has 0 aliphatic carbocycles. The summed E-state index contributed by atoms with van der Waals surface area (Å²) in [6.07, 6.45) is 7.53. The lowest BCUT2D eigenvalue weighted by molar-refractivity contribution is 0.546. The van der Waals surface area contributed by atoms with Crippen molar-refractivity contribution in [3.05, 3.63) is 60.7 Å². The van der Waals surface area contributed by atoms with Crippen LogP contribution in [-0.4, -0.2) is 40.6 Å². The third-order valence-corrected chi connectivity index (χ3v) is 7.24. The molecule has 1 fully saturated rings. The second-order valence-corrected chi connectivity index (χ2v) is 9.27. The average molecular weight is 401 g/mol. The molecule has 144 valence electrons. The molecule has 4 aromatic heterocycles. The molecule has 5 aromatic rings. The van der Waals surface area contributed by atoms with E-state index in [0.717, 1.165) is 68.8 Å². The maximum Gasteiger partial charge on any atom is 0.165 e. The first kappa shape index (κ1) is 17.0. The molecule has 1 aliphatic heterocycles. The van der Waals surface area contributed by atoms with Crippen molar-refractivity contribution in [1.82, 2.24) is 24.6 Å². The second-order valence-electron chi connectivity index (χ2n) is 7.57. The monoisotopic (exact) mass is 401 g/mol. The van der Waals surface area contributed by atoms with Crippen LogP contribution in [0.15, 0.2) is 55.0 Å².